The molecule has 4 aromatic carbocycles. The lowest BCUT2D eigenvalue weighted by Crippen LogP contribution is -2.12. The molecule has 0 saturated carbocycles. The number of ether oxygens (including phenoxy) is 1. The Hall–Kier alpha value is -3.78. The fraction of sp³-hybridized carbons (Fsp3) is 0.0370. The third kappa shape index (κ3) is 2.50. The number of hydrogen-bond donors (Lipinski definition) is 1. The van der Waals surface area contributed by atoms with Crippen molar-refractivity contribution in [2.24, 2.45) is 0 Å². The van der Waals surface area contributed by atoms with E-state index in [1.54, 1.807) is 0 Å². The van der Waals surface area contributed by atoms with Crippen molar-refractivity contribution < 1.29 is 4.74 Å². The second kappa shape index (κ2) is 6.39. The van der Waals surface area contributed by atoms with Crippen LogP contribution in [0.3, 0.4) is 0 Å². The molecule has 0 saturated heterocycles. The first-order valence-corrected chi connectivity index (χ1v) is 9.92. The Morgan fingerprint density at radius 1 is 0.586 bits per heavy atom. The van der Waals surface area contributed by atoms with Crippen LogP contribution in [-0.2, 0) is 0 Å². The monoisotopic (exact) mass is 373 g/mol. The molecular weight excluding hydrogens is 354 g/mol. The Balaban J connectivity index is 1.72. The van der Waals surface area contributed by atoms with Gasteiger partial charge < -0.3 is 9.72 Å². The van der Waals surface area contributed by atoms with Gasteiger partial charge in [0.15, 0.2) is 0 Å². The lowest BCUT2D eigenvalue weighted by molar-refractivity contribution is 0.453. The maximum absolute atomic E-state index is 6.25. The maximum Gasteiger partial charge on any atom is 0.131 e. The summed E-state index contributed by atoms with van der Waals surface area (Å²) in [5.41, 5.74) is 7.22. The van der Waals surface area contributed by atoms with Gasteiger partial charge in [-0.1, -0.05) is 84.9 Å². The highest BCUT2D eigenvalue weighted by Crippen LogP contribution is 2.50. The van der Waals surface area contributed by atoms with Gasteiger partial charge in [0.1, 0.15) is 11.5 Å². The Labute approximate surface area is 169 Å². The molecule has 1 aromatic heterocycles. The van der Waals surface area contributed by atoms with E-state index in [0.29, 0.717) is 0 Å². The Kier molecular flexibility index (Phi) is 3.57. The molecule has 0 fully saturated rings. The number of aromatic nitrogens is 1. The number of hydrogen-bond acceptors (Lipinski definition) is 1. The highest BCUT2D eigenvalue weighted by molar-refractivity contribution is 5.93. The van der Waals surface area contributed by atoms with Crippen molar-refractivity contribution >= 4 is 10.9 Å². The van der Waals surface area contributed by atoms with Crippen molar-refractivity contribution in [2.75, 3.05) is 0 Å². The van der Waals surface area contributed by atoms with Gasteiger partial charge in [-0.25, -0.2) is 0 Å². The summed E-state index contributed by atoms with van der Waals surface area (Å²) in [5.74, 6) is 1.96. The average Bonchev–Trinajstić information content (AvgIpc) is 3.17. The third-order valence-electron chi connectivity index (χ3n) is 5.78. The Morgan fingerprint density at radius 3 is 1.90 bits per heavy atom. The summed E-state index contributed by atoms with van der Waals surface area (Å²) in [6, 6.07) is 35.9. The van der Waals surface area contributed by atoms with Gasteiger partial charge in [0.25, 0.3) is 0 Å². The van der Waals surface area contributed by atoms with E-state index in [4.69, 9.17) is 4.74 Å². The van der Waals surface area contributed by atoms with Crippen LogP contribution in [-0.4, -0.2) is 4.98 Å². The molecule has 0 amide bonds. The van der Waals surface area contributed by atoms with E-state index >= 15 is 0 Å². The molecule has 2 nitrogen and oxygen atoms in total. The molecule has 0 unspecified atom stereocenters. The molecule has 5 aromatic rings. The van der Waals surface area contributed by atoms with Crippen molar-refractivity contribution in [3.05, 3.63) is 120 Å². The van der Waals surface area contributed by atoms with Crippen molar-refractivity contribution in [1.29, 1.82) is 0 Å². The van der Waals surface area contributed by atoms with E-state index in [-0.39, 0.29) is 5.92 Å². The van der Waals surface area contributed by atoms with E-state index in [9.17, 15) is 0 Å². The van der Waals surface area contributed by atoms with Gasteiger partial charge in [0, 0.05) is 27.9 Å². The number of benzene rings is 4. The summed E-state index contributed by atoms with van der Waals surface area (Å²) in [4.78, 5) is 3.70. The second-order valence-electron chi connectivity index (χ2n) is 7.44. The fourth-order valence-electron chi connectivity index (χ4n) is 4.52. The second-order valence-corrected chi connectivity index (χ2v) is 7.44. The van der Waals surface area contributed by atoms with Crippen LogP contribution < -0.4 is 4.74 Å². The maximum atomic E-state index is 6.25. The van der Waals surface area contributed by atoms with Crippen LogP contribution >= 0.6 is 0 Å². The minimum absolute atomic E-state index is 0.0995. The zero-order valence-corrected chi connectivity index (χ0v) is 15.8. The lowest BCUT2D eigenvalue weighted by atomic mass is 9.80. The normalized spacial score (nSPS) is 13.0. The lowest BCUT2D eigenvalue weighted by Gasteiger charge is -2.29. The van der Waals surface area contributed by atoms with E-state index < -0.39 is 0 Å². The zero-order valence-electron chi connectivity index (χ0n) is 15.8. The van der Waals surface area contributed by atoms with Gasteiger partial charge in [-0.2, -0.15) is 0 Å². The summed E-state index contributed by atoms with van der Waals surface area (Å²) in [7, 11) is 0. The van der Waals surface area contributed by atoms with E-state index in [2.05, 4.69) is 96.0 Å². The summed E-state index contributed by atoms with van der Waals surface area (Å²) in [6.07, 6.45) is 0. The van der Waals surface area contributed by atoms with Crippen LogP contribution in [0.15, 0.2) is 103 Å². The predicted molar refractivity (Wildman–Crippen MR) is 118 cm³/mol. The first-order valence-electron chi connectivity index (χ1n) is 9.92. The SMILES string of the molecule is c1ccc(-c2[nH]c3ccccc3c2C2c3ccccc3Oc3ccccc32)cc1. The molecule has 1 aliphatic rings. The minimum atomic E-state index is 0.0995. The van der Waals surface area contributed by atoms with Gasteiger partial charge in [-0.05, 0) is 29.3 Å². The molecule has 0 bridgehead atoms. The van der Waals surface area contributed by atoms with Gasteiger partial charge in [-0.3, -0.25) is 0 Å². The number of rotatable bonds is 2. The molecule has 29 heavy (non-hydrogen) atoms. The molecule has 138 valence electrons. The van der Waals surface area contributed by atoms with Gasteiger partial charge in [0.05, 0.1) is 5.69 Å². The van der Waals surface area contributed by atoms with Gasteiger partial charge in [0.2, 0.25) is 0 Å². The highest BCUT2D eigenvalue weighted by Gasteiger charge is 2.32. The molecule has 0 atom stereocenters. The largest absolute Gasteiger partial charge is 0.457 e. The number of para-hydroxylation sites is 3. The molecule has 6 rings (SSSR count). The van der Waals surface area contributed by atoms with Gasteiger partial charge >= 0.3 is 0 Å². The van der Waals surface area contributed by atoms with Crippen LogP contribution in [0.25, 0.3) is 22.2 Å². The number of fused-ring (bicyclic) bond motifs is 3. The summed E-state index contributed by atoms with van der Waals surface area (Å²) < 4.78 is 6.25. The van der Waals surface area contributed by atoms with Crippen molar-refractivity contribution in [1.82, 2.24) is 4.98 Å². The number of H-pyrrole nitrogens is 1. The van der Waals surface area contributed by atoms with Crippen molar-refractivity contribution in [2.45, 2.75) is 5.92 Å². The zero-order chi connectivity index (χ0) is 19.2. The molecule has 0 radical (unpaired) electrons. The molecule has 2 heteroatoms. The Bertz CT molecular complexity index is 1290. The molecule has 0 spiro atoms. The Morgan fingerprint density at radius 2 is 1.17 bits per heavy atom. The van der Waals surface area contributed by atoms with Crippen LogP contribution in [0.4, 0.5) is 0 Å². The fourth-order valence-corrected chi connectivity index (χ4v) is 4.52. The average molecular weight is 373 g/mol. The quantitative estimate of drug-likeness (QED) is 0.343. The van der Waals surface area contributed by atoms with Crippen LogP contribution in [0.2, 0.25) is 0 Å². The molecule has 2 heterocycles. The number of nitrogens with one attached hydrogen (secondary N) is 1. The van der Waals surface area contributed by atoms with E-state index in [1.807, 2.05) is 12.1 Å². The molecule has 1 aliphatic heterocycles. The molecule has 1 N–H and O–H groups in total. The van der Waals surface area contributed by atoms with Crippen molar-refractivity contribution in [3.8, 4) is 22.8 Å². The molecule has 0 aliphatic carbocycles. The van der Waals surface area contributed by atoms with Gasteiger partial charge in [-0.15, -0.1) is 0 Å². The van der Waals surface area contributed by atoms with Crippen LogP contribution in [0.5, 0.6) is 11.5 Å². The summed E-state index contributed by atoms with van der Waals surface area (Å²) >= 11 is 0. The first kappa shape index (κ1) is 16.2. The van der Waals surface area contributed by atoms with Crippen LogP contribution in [0.1, 0.15) is 22.6 Å². The first-order chi connectivity index (χ1) is 14.4. The topological polar surface area (TPSA) is 25.0 Å². The molecular formula is C27H19NO. The standard InChI is InChI=1S/C27H19NO/c1-2-10-18(11-3-1)27-26(19-12-4-7-15-22(19)28-27)25-20-13-5-8-16-23(20)29-24-17-9-6-14-21(24)25/h1-17,25,28H. The minimum Gasteiger partial charge on any atom is -0.457 e. The van der Waals surface area contributed by atoms with E-state index in [0.717, 1.165) is 17.0 Å². The summed E-state index contributed by atoms with van der Waals surface area (Å²) in [6.45, 7) is 0. The predicted octanol–water partition coefficient (Wildman–Crippen LogP) is 7.12. The smallest absolute Gasteiger partial charge is 0.131 e. The highest BCUT2D eigenvalue weighted by atomic mass is 16.5. The van der Waals surface area contributed by atoms with Crippen LogP contribution in [0, 0.1) is 0 Å². The summed E-state index contributed by atoms with van der Waals surface area (Å²) in [5, 5.41) is 1.25. The van der Waals surface area contributed by atoms with Crippen molar-refractivity contribution in [3.63, 3.8) is 0 Å². The van der Waals surface area contributed by atoms with E-state index in [1.165, 1.54) is 33.3 Å². The number of aromatic amines is 1. The third-order valence-corrected chi connectivity index (χ3v) is 5.78.